The zero-order valence-corrected chi connectivity index (χ0v) is 26.8. The Morgan fingerprint density at radius 1 is 0.688 bits per heavy atom. The number of carbonyl (C=O) groups excluding carboxylic acids is 2. The minimum atomic E-state index is -1.02. The van der Waals surface area contributed by atoms with Crippen LogP contribution in [0.5, 0.6) is 5.75 Å². The highest BCUT2D eigenvalue weighted by Crippen LogP contribution is 2.22. The summed E-state index contributed by atoms with van der Waals surface area (Å²) >= 11 is 0. The van der Waals surface area contributed by atoms with Gasteiger partial charge < -0.3 is 20.1 Å². The van der Waals surface area contributed by atoms with Crippen molar-refractivity contribution < 1.29 is 24.2 Å². The molecule has 48 heavy (non-hydrogen) atoms. The molecule has 0 unspecified atom stereocenters. The molecule has 5 rings (SSSR count). The number of carbonyl (C=O) groups is 3. The highest BCUT2D eigenvalue weighted by molar-refractivity contribution is 6.12. The van der Waals surface area contributed by atoms with E-state index >= 15 is 0 Å². The van der Waals surface area contributed by atoms with Gasteiger partial charge in [0.2, 0.25) is 5.91 Å². The molecule has 0 spiro atoms. The van der Waals surface area contributed by atoms with Crippen LogP contribution in [0.15, 0.2) is 140 Å². The van der Waals surface area contributed by atoms with Gasteiger partial charge in [-0.15, -0.1) is 0 Å². The zero-order chi connectivity index (χ0) is 33.6. The molecular formula is C41H40N2O5. The average molecular weight is 641 g/mol. The summed E-state index contributed by atoms with van der Waals surface area (Å²) in [5.41, 5.74) is 4.46. The molecule has 7 nitrogen and oxygen atoms in total. The molecule has 7 heteroatoms. The topological polar surface area (TPSA) is 95.9 Å². The predicted molar refractivity (Wildman–Crippen MR) is 188 cm³/mol. The maximum atomic E-state index is 13.2. The van der Waals surface area contributed by atoms with Crippen molar-refractivity contribution in [1.82, 2.24) is 4.90 Å². The quantitative estimate of drug-likeness (QED) is 0.0810. The third-order valence-corrected chi connectivity index (χ3v) is 8.08. The van der Waals surface area contributed by atoms with Gasteiger partial charge in [-0.05, 0) is 53.8 Å². The SMILES string of the molecule is O=C(c1ccccc1)c1ccccc1N[C@@H](Cc1ccc(OCCCN(Cc2ccccc2)C(=O)CCc2ccccc2)cc1)C(=O)O. The minimum Gasteiger partial charge on any atom is -0.494 e. The number of rotatable bonds is 17. The monoisotopic (exact) mass is 640 g/mol. The highest BCUT2D eigenvalue weighted by Gasteiger charge is 2.21. The maximum Gasteiger partial charge on any atom is 0.326 e. The molecule has 0 heterocycles. The Balaban J connectivity index is 1.14. The van der Waals surface area contributed by atoms with Gasteiger partial charge in [0.15, 0.2) is 5.78 Å². The largest absolute Gasteiger partial charge is 0.494 e. The van der Waals surface area contributed by atoms with Crippen LogP contribution in [-0.2, 0) is 29.0 Å². The molecule has 0 saturated heterocycles. The summed E-state index contributed by atoms with van der Waals surface area (Å²) < 4.78 is 6.00. The number of para-hydroxylation sites is 1. The van der Waals surface area contributed by atoms with Gasteiger partial charge in [-0.2, -0.15) is 0 Å². The Morgan fingerprint density at radius 2 is 1.29 bits per heavy atom. The summed E-state index contributed by atoms with van der Waals surface area (Å²) in [5, 5.41) is 13.1. The summed E-state index contributed by atoms with van der Waals surface area (Å²) in [6.45, 7) is 1.55. The number of benzene rings is 5. The molecule has 0 aliphatic heterocycles. The van der Waals surface area contributed by atoms with Gasteiger partial charge in [0.05, 0.1) is 6.61 Å². The van der Waals surface area contributed by atoms with Crippen LogP contribution >= 0.6 is 0 Å². The van der Waals surface area contributed by atoms with Crippen LogP contribution in [-0.4, -0.2) is 46.9 Å². The molecule has 5 aromatic carbocycles. The lowest BCUT2D eigenvalue weighted by molar-refractivity contribution is -0.138. The van der Waals surface area contributed by atoms with Crippen molar-refractivity contribution in [2.24, 2.45) is 0 Å². The molecule has 0 radical (unpaired) electrons. The number of ether oxygens (including phenoxy) is 1. The standard InChI is InChI=1S/C41H40N2O5/c44-39(26-23-31-13-4-1-5-14-31)43(30-33-15-6-2-7-16-33)27-12-28-48-35-24-21-32(22-25-35)29-38(41(46)47)42-37-20-11-10-19-36(37)40(45)34-17-8-3-9-18-34/h1-11,13-22,24-25,38,42H,12,23,26-30H2,(H,46,47)/t38-/m0/s1. The first-order valence-corrected chi connectivity index (χ1v) is 16.2. The van der Waals surface area contributed by atoms with Crippen molar-refractivity contribution in [2.75, 3.05) is 18.5 Å². The molecular weight excluding hydrogens is 600 g/mol. The van der Waals surface area contributed by atoms with Crippen molar-refractivity contribution in [3.05, 3.63) is 167 Å². The molecule has 244 valence electrons. The van der Waals surface area contributed by atoms with Crippen molar-refractivity contribution in [2.45, 2.75) is 38.3 Å². The van der Waals surface area contributed by atoms with Crippen molar-refractivity contribution >= 4 is 23.3 Å². The molecule has 0 aliphatic carbocycles. The Kier molecular flexibility index (Phi) is 12.1. The fourth-order valence-corrected chi connectivity index (χ4v) is 5.49. The maximum absolute atomic E-state index is 13.2. The van der Waals surface area contributed by atoms with E-state index in [2.05, 4.69) is 5.32 Å². The van der Waals surface area contributed by atoms with Gasteiger partial charge in [-0.3, -0.25) is 9.59 Å². The summed E-state index contributed by atoms with van der Waals surface area (Å²) in [5.74, 6) is -0.414. The lowest BCUT2D eigenvalue weighted by atomic mass is 10.00. The van der Waals surface area contributed by atoms with E-state index < -0.39 is 12.0 Å². The van der Waals surface area contributed by atoms with Gasteiger partial charge in [0.25, 0.3) is 0 Å². The van der Waals surface area contributed by atoms with Crippen LogP contribution in [0.25, 0.3) is 0 Å². The summed E-state index contributed by atoms with van der Waals surface area (Å²) in [7, 11) is 0. The fraction of sp³-hybridized carbons (Fsp3) is 0.195. The lowest BCUT2D eigenvalue weighted by Crippen LogP contribution is -2.32. The van der Waals surface area contributed by atoms with Gasteiger partial charge in [0, 0.05) is 42.7 Å². The first-order valence-electron chi connectivity index (χ1n) is 16.2. The van der Waals surface area contributed by atoms with E-state index in [1.807, 2.05) is 95.9 Å². The van der Waals surface area contributed by atoms with E-state index in [-0.39, 0.29) is 18.1 Å². The van der Waals surface area contributed by atoms with Crippen molar-refractivity contribution in [3.63, 3.8) is 0 Å². The predicted octanol–water partition coefficient (Wildman–Crippen LogP) is 7.46. The number of anilines is 1. The van der Waals surface area contributed by atoms with Crippen molar-refractivity contribution in [3.8, 4) is 5.75 Å². The number of aliphatic carboxylic acids is 1. The Bertz CT molecular complexity index is 1760. The lowest BCUT2D eigenvalue weighted by Gasteiger charge is -2.23. The average Bonchev–Trinajstić information content (AvgIpc) is 3.13. The molecule has 0 saturated carbocycles. The van der Waals surface area contributed by atoms with Gasteiger partial charge in [-0.1, -0.05) is 115 Å². The second-order valence-corrected chi connectivity index (χ2v) is 11.6. The van der Waals surface area contributed by atoms with Crippen LogP contribution in [0.4, 0.5) is 5.69 Å². The van der Waals surface area contributed by atoms with Crippen LogP contribution in [0.1, 0.15) is 45.5 Å². The summed E-state index contributed by atoms with van der Waals surface area (Å²) in [6.07, 6.45) is 2.02. The molecule has 0 fully saturated rings. The number of nitrogens with zero attached hydrogens (tertiary/aromatic N) is 1. The minimum absolute atomic E-state index is 0.112. The second-order valence-electron chi connectivity index (χ2n) is 11.6. The first-order chi connectivity index (χ1) is 23.5. The molecule has 2 N–H and O–H groups in total. The number of ketones is 1. The van der Waals surface area contributed by atoms with Crippen LogP contribution < -0.4 is 10.1 Å². The number of carboxylic acid groups (broad SMARTS) is 1. The van der Waals surface area contributed by atoms with E-state index in [0.29, 0.717) is 61.5 Å². The molecule has 0 bridgehead atoms. The van der Waals surface area contributed by atoms with E-state index in [9.17, 15) is 19.5 Å². The number of nitrogens with one attached hydrogen (secondary N) is 1. The van der Waals surface area contributed by atoms with E-state index in [1.54, 1.807) is 48.5 Å². The normalized spacial score (nSPS) is 11.3. The van der Waals surface area contributed by atoms with Gasteiger partial charge in [0.1, 0.15) is 11.8 Å². The summed E-state index contributed by atoms with van der Waals surface area (Å²) in [4.78, 5) is 40.5. The van der Waals surface area contributed by atoms with Crippen LogP contribution in [0, 0.1) is 0 Å². The number of aryl methyl sites for hydroxylation is 1. The Hall–Kier alpha value is -5.69. The smallest absolute Gasteiger partial charge is 0.326 e. The Labute approximate surface area is 281 Å². The first kappa shape index (κ1) is 33.7. The van der Waals surface area contributed by atoms with Crippen molar-refractivity contribution in [1.29, 1.82) is 0 Å². The number of amides is 1. The van der Waals surface area contributed by atoms with E-state index in [4.69, 9.17) is 4.74 Å². The third-order valence-electron chi connectivity index (χ3n) is 8.08. The molecule has 5 aromatic rings. The molecule has 1 atom stereocenters. The van der Waals surface area contributed by atoms with Crippen LogP contribution in [0.2, 0.25) is 0 Å². The Morgan fingerprint density at radius 3 is 1.96 bits per heavy atom. The van der Waals surface area contributed by atoms with E-state index in [1.165, 1.54) is 0 Å². The van der Waals surface area contributed by atoms with Gasteiger partial charge >= 0.3 is 5.97 Å². The van der Waals surface area contributed by atoms with Gasteiger partial charge in [-0.25, -0.2) is 4.79 Å². The number of hydrogen-bond acceptors (Lipinski definition) is 5. The molecule has 0 aromatic heterocycles. The molecule has 0 aliphatic rings. The zero-order valence-electron chi connectivity index (χ0n) is 26.8. The molecule has 1 amide bonds. The fourth-order valence-electron chi connectivity index (χ4n) is 5.49. The van der Waals surface area contributed by atoms with Crippen LogP contribution in [0.3, 0.4) is 0 Å². The number of carboxylic acids is 1. The second kappa shape index (κ2) is 17.3. The summed E-state index contributed by atoms with van der Waals surface area (Å²) in [6, 6.07) is 42.3. The number of hydrogen-bond donors (Lipinski definition) is 2. The van der Waals surface area contributed by atoms with E-state index in [0.717, 1.165) is 16.7 Å². The highest BCUT2D eigenvalue weighted by atomic mass is 16.5. The third kappa shape index (κ3) is 9.90.